The van der Waals surface area contributed by atoms with E-state index in [1.54, 1.807) is 17.5 Å². The van der Waals surface area contributed by atoms with Gasteiger partial charge >= 0.3 is 0 Å². The van der Waals surface area contributed by atoms with Crippen molar-refractivity contribution in [1.29, 1.82) is 0 Å². The fourth-order valence-corrected chi connectivity index (χ4v) is 2.33. The van der Waals surface area contributed by atoms with Crippen LogP contribution < -0.4 is 11.1 Å². The van der Waals surface area contributed by atoms with Crippen LogP contribution in [-0.4, -0.2) is 10.8 Å². The summed E-state index contributed by atoms with van der Waals surface area (Å²) in [6.07, 6.45) is 1.61. The van der Waals surface area contributed by atoms with E-state index in [-0.39, 0.29) is 31.0 Å². The van der Waals surface area contributed by atoms with E-state index < -0.39 is 0 Å². The summed E-state index contributed by atoms with van der Waals surface area (Å²) in [4.78, 5) is 8.64. The van der Waals surface area contributed by atoms with Crippen LogP contribution >= 0.6 is 36.2 Å². The first-order valence-electron chi connectivity index (χ1n) is 4.93. The van der Waals surface area contributed by atoms with Crippen LogP contribution in [0.5, 0.6) is 0 Å². The number of hydrogen-bond acceptors (Lipinski definition) is 5. The molecule has 2 heterocycles. The zero-order valence-electron chi connectivity index (χ0n) is 9.24. The Morgan fingerprint density at radius 3 is 2.72 bits per heavy atom. The van der Waals surface area contributed by atoms with E-state index in [1.165, 1.54) is 0 Å². The van der Waals surface area contributed by atoms with E-state index in [0.29, 0.717) is 5.84 Å². The van der Waals surface area contributed by atoms with Gasteiger partial charge in [-0.05, 0) is 12.1 Å². The van der Waals surface area contributed by atoms with E-state index in [4.69, 9.17) is 5.73 Å². The molecule has 3 rings (SSSR count). The Morgan fingerprint density at radius 2 is 2.00 bits per heavy atom. The molecular weight excluding hydrogens is 291 g/mol. The van der Waals surface area contributed by atoms with Gasteiger partial charge < -0.3 is 11.1 Å². The minimum atomic E-state index is -0.158. The van der Waals surface area contributed by atoms with Gasteiger partial charge in [0.05, 0.1) is 0 Å². The van der Waals surface area contributed by atoms with Crippen molar-refractivity contribution in [1.82, 2.24) is 4.98 Å². The number of aromatic nitrogens is 1. The zero-order valence-corrected chi connectivity index (χ0v) is 11.7. The second kappa shape index (κ2) is 6.04. The number of para-hydroxylation sites is 1. The van der Waals surface area contributed by atoms with Crippen LogP contribution in [0, 0.1) is 0 Å². The highest BCUT2D eigenvalue weighted by molar-refractivity contribution is 7.09. The Labute approximate surface area is 121 Å². The Balaban J connectivity index is 0.000000810. The van der Waals surface area contributed by atoms with Crippen LogP contribution in [0.15, 0.2) is 40.8 Å². The number of rotatable bonds is 1. The van der Waals surface area contributed by atoms with Crippen molar-refractivity contribution in [3.05, 3.63) is 46.4 Å². The molecule has 1 unspecified atom stereocenters. The number of hydrogen-bond donors (Lipinski definition) is 2. The van der Waals surface area contributed by atoms with Gasteiger partial charge in [0.25, 0.3) is 0 Å². The van der Waals surface area contributed by atoms with Gasteiger partial charge in [-0.1, -0.05) is 12.1 Å². The molecule has 0 radical (unpaired) electrons. The smallest absolute Gasteiger partial charge is 0.173 e. The SMILES string of the molecule is Cl.Cl.NC1=NC(c2nccs2)Nc2ccccc21. The number of anilines is 1. The van der Waals surface area contributed by atoms with Crippen LogP contribution in [0.25, 0.3) is 0 Å². The molecule has 0 spiro atoms. The molecule has 3 N–H and O–H groups in total. The quantitative estimate of drug-likeness (QED) is 0.851. The van der Waals surface area contributed by atoms with E-state index in [9.17, 15) is 0 Å². The molecule has 0 saturated heterocycles. The average Bonchev–Trinajstić information content (AvgIpc) is 2.82. The third-order valence-corrected chi connectivity index (χ3v) is 3.28. The molecule has 18 heavy (non-hydrogen) atoms. The molecule has 1 aliphatic rings. The number of aliphatic imine (C=N–C) groups is 1. The third kappa shape index (κ3) is 2.58. The average molecular weight is 303 g/mol. The van der Waals surface area contributed by atoms with Crippen molar-refractivity contribution in [2.24, 2.45) is 10.7 Å². The molecule has 0 aliphatic carbocycles. The van der Waals surface area contributed by atoms with Gasteiger partial charge in [-0.15, -0.1) is 36.2 Å². The number of nitrogens with two attached hydrogens (primary N) is 1. The Hall–Kier alpha value is -1.30. The number of amidine groups is 1. The highest BCUT2D eigenvalue weighted by Gasteiger charge is 2.20. The van der Waals surface area contributed by atoms with Crippen LogP contribution in [0.3, 0.4) is 0 Å². The highest BCUT2D eigenvalue weighted by Crippen LogP contribution is 2.29. The van der Waals surface area contributed by atoms with E-state index in [1.807, 2.05) is 29.6 Å². The van der Waals surface area contributed by atoms with E-state index in [0.717, 1.165) is 16.3 Å². The fraction of sp³-hybridized carbons (Fsp3) is 0.0909. The largest absolute Gasteiger partial charge is 0.383 e. The topological polar surface area (TPSA) is 63.3 Å². The Morgan fingerprint density at radius 1 is 1.22 bits per heavy atom. The van der Waals surface area contributed by atoms with Crippen molar-refractivity contribution in [2.75, 3.05) is 5.32 Å². The van der Waals surface area contributed by atoms with Gasteiger partial charge in [-0.25, -0.2) is 9.98 Å². The number of thiazole rings is 1. The van der Waals surface area contributed by atoms with Crippen LogP contribution in [0.2, 0.25) is 0 Å². The first-order chi connectivity index (χ1) is 7.84. The Kier molecular flexibility index (Phi) is 4.95. The lowest BCUT2D eigenvalue weighted by atomic mass is 10.1. The fourth-order valence-electron chi connectivity index (χ4n) is 1.71. The molecule has 4 nitrogen and oxygen atoms in total. The van der Waals surface area contributed by atoms with E-state index >= 15 is 0 Å². The van der Waals surface area contributed by atoms with Gasteiger partial charge in [-0.3, -0.25) is 0 Å². The first-order valence-corrected chi connectivity index (χ1v) is 5.81. The highest BCUT2D eigenvalue weighted by atomic mass is 35.5. The predicted octanol–water partition coefficient (Wildman–Crippen LogP) is 2.82. The predicted molar refractivity (Wildman–Crippen MR) is 80.1 cm³/mol. The number of benzene rings is 1. The standard InChI is InChI=1S/C11H10N4S.2ClH/c12-9-7-3-1-2-4-8(7)14-10(15-9)11-13-5-6-16-11;;/h1-6,10,14H,(H2,12,15);2*1H. The van der Waals surface area contributed by atoms with Gasteiger partial charge in [0.15, 0.2) is 6.17 Å². The lowest BCUT2D eigenvalue weighted by Crippen LogP contribution is -2.25. The summed E-state index contributed by atoms with van der Waals surface area (Å²) in [7, 11) is 0. The van der Waals surface area contributed by atoms with Crippen molar-refractivity contribution >= 4 is 47.7 Å². The molecule has 0 fully saturated rings. The molecule has 1 aliphatic heterocycles. The first kappa shape index (κ1) is 14.8. The van der Waals surface area contributed by atoms with Crippen LogP contribution in [0.1, 0.15) is 16.7 Å². The maximum absolute atomic E-state index is 5.93. The summed E-state index contributed by atoms with van der Waals surface area (Å²) < 4.78 is 0. The molecule has 1 atom stereocenters. The molecule has 0 saturated carbocycles. The van der Waals surface area contributed by atoms with Gasteiger partial charge in [0, 0.05) is 22.8 Å². The normalized spacial score (nSPS) is 16.4. The van der Waals surface area contributed by atoms with Crippen molar-refractivity contribution in [3.8, 4) is 0 Å². The summed E-state index contributed by atoms with van der Waals surface area (Å²) in [5.41, 5.74) is 7.89. The molecule has 2 aromatic rings. The molecule has 0 bridgehead atoms. The number of halogens is 2. The molecule has 1 aromatic carbocycles. The maximum atomic E-state index is 5.93. The number of fused-ring (bicyclic) bond motifs is 1. The summed E-state index contributed by atoms with van der Waals surface area (Å²) >= 11 is 1.57. The Bertz CT molecular complexity index is 542. The summed E-state index contributed by atoms with van der Waals surface area (Å²) in [6.45, 7) is 0. The van der Waals surface area contributed by atoms with Crippen LogP contribution in [-0.2, 0) is 0 Å². The third-order valence-electron chi connectivity index (χ3n) is 2.45. The second-order valence-electron chi connectivity index (χ2n) is 3.48. The van der Waals surface area contributed by atoms with E-state index in [2.05, 4.69) is 15.3 Å². The monoisotopic (exact) mass is 302 g/mol. The van der Waals surface area contributed by atoms with Crippen LogP contribution in [0.4, 0.5) is 5.69 Å². The lowest BCUT2D eigenvalue weighted by molar-refractivity contribution is 0.814. The number of nitrogens with one attached hydrogen (secondary N) is 1. The van der Waals surface area contributed by atoms with Crippen molar-refractivity contribution in [3.63, 3.8) is 0 Å². The lowest BCUT2D eigenvalue weighted by Gasteiger charge is -2.22. The minimum absolute atomic E-state index is 0. The molecule has 7 heteroatoms. The van der Waals surface area contributed by atoms with Crippen molar-refractivity contribution < 1.29 is 0 Å². The summed E-state index contributed by atoms with van der Waals surface area (Å²) in [6, 6.07) is 7.88. The molecule has 1 aromatic heterocycles. The van der Waals surface area contributed by atoms with Crippen molar-refractivity contribution in [2.45, 2.75) is 6.17 Å². The summed E-state index contributed by atoms with van der Waals surface area (Å²) in [5.74, 6) is 0.564. The molecule has 0 amide bonds. The second-order valence-corrected chi connectivity index (χ2v) is 4.40. The molecular formula is C11H12Cl2N4S. The number of nitrogens with zero attached hydrogens (tertiary/aromatic N) is 2. The van der Waals surface area contributed by atoms with Gasteiger partial charge in [0.1, 0.15) is 10.8 Å². The maximum Gasteiger partial charge on any atom is 0.173 e. The van der Waals surface area contributed by atoms with Gasteiger partial charge in [-0.2, -0.15) is 0 Å². The molecule has 96 valence electrons. The minimum Gasteiger partial charge on any atom is -0.383 e. The van der Waals surface area contributed by atoms with Gasteiger partial charge in [0.2, 0.25) is 0 Å². The zero-order chi connectivity index (χ0) is 11.0. The summed E-state index contributed by atoms with van der Waals surface area (Å²) in [5, 5.41) is 6.17.